The zero-order valence-electron chi connectivity index (χ0n) is 32.0. The number of rotatable bonds is 29. The van der Waals surface area contributed by atoms with Gasteiger partial charge in [-0.3, -0.25) is 9.59 Å². The summed E-state index contributed by atoms with van der Waals surface area (Å²) in [5.74, 6) is -2.44. The van der Waals surface area contributed by atoms with Crippen LogP contribution >= 0.6 is 0 Å². The number of alkyl halides is 1. The number of hydrogen-bond donors (Lipinski definition) is 2. The first-order chi connectivity index (χ1) is 24.1. The number of carbonyl (C=O) groups is 2. The van der Waals surface area contributed by atoms with E-state index < -0.39 is 60.6 Å². The molecule has 2 fully saturated rings. The molecule has 7 atom stereocenters. The van der Waals surface area contributed by atoms with Crippen LogP contribution in [0.15, 0.2) is 12.7 Å². The van der Waals surface area contributed by atoms with Crippen LogP contribution in [0.2, 0.25) is 0 Å². The topological polar surface area (TPSA) is 113 Å². The molecular weight excluding hydrogens is 641 g/mol. The fraction of sp³-hybridized carbons (Fsp3) is 0.900. The van der Waals surface area contributed by atoms with Crippen LogP contribution in [-0.2, 0) is 33.3 Å². The van der Waals surface area contributed by atoms with Crippen molar-refractivity contribution in [2.75, 3.05) is 13.2 Å². The van der Waals surface area contributed by atoms with Gasteiger partial charge in [-0.15, -0.1) is 6.58 Å². The van der Waals surface area contributed by atoms with Gasteiger partial charge in [-0.05, 0) is 33.1 Å². The van der Waals surface area contributed by atoms with Gasteiger partial charge in [0.05, 0.1) is 13.2 Å². The summed E-state index contributed by atoms with van der Waals surface area (Å²) in [5.41, 5.74) is 0. The molecule has 0 bridgehead atoms. The molecule has 2 aliphatic rings. The number of hydrogen-bond acceptors (Lipinski definition) is 8. The van der Waals surface area contributed by atoms with E-state index in [1.54, 1.807) is 13.8 Å². The molecule has 0 radical (unpaired) electrons. The summed E-state index contributed by atoms with van der Waals surface area (Å²) in [4.78, 5) is 26.3. The third-order valence-corrected chi connectivity index (χ3v) is 9.81. The van der Waals surface area contributed by atoms with Crippen molar-refractivity contribution >= 4 is 11.9 Å². The molecule has 0 aromatic carbocycles. The van der Waals surface area contributed by atoms with Crippen molar-refractivity contribution in [3.63, 3.8) is 0 Å². The van der Waals surface area contributed by atoms with E-state index in [1.165, 1.54) is 83.1 Å². The zero-order chi connectivity index (χ0) is 36.6. The van der Waals surface area contributed by atoms with E-state index in [4.69, 9.17) is 23.7 Å². The molecule has 0 unspecified atom stereocenters. The molecule has 0 saturated carbocycles. The molecular formula is C40H72FNO8. The van der Waals surface area contributed by atoms with Crippen molar-refractivity contribution in [2.24, 2.45) is 0 Å². The molecule has 1 amide bonds. The number of carbonyl (C=O) groups excluding carboxylic acids is 2. The Morgan fingerprint density at radius 1 is 0.880 bits per heavy atom. The minimum Gasteiger partial charge on any atom is -0.459 e. The van der Waals surface area contributed by atoms with Crippen LogP contribution in [0.1, 0.15) is 169 Å². The van der Waals surface area contributed by atoms with E-state index in [1.807, 2.05) is 0 Å². The number of unbranched alkanes of at least 4 members (excludes halogenated alkanes) is 18. The lowest BCUT2D eigenvalue weighted by Gasteiger charge is -2.49. The molecule has 0 aliphatic carbocycles. The van der Waals surface area contributed by atoms with Crippen molar-refractivity contribution in [1.82, 2.24) is 5.32 Å². The lowest BCUT2D eigenvalue weighted by atomic mass is 9.95. The maximum atomic E-state index is 16.0. The van der Waals surface area contributed by atoms with Crippen molar-refractivity contribution < 1.29 is 42.8 Å². The molecule has 9 nitrogen and oxygen atoms in total. The molecule has 10 heteroatoms. The fourth-order valence-corrected chi connectivity index (χ4v) is 6.80. The number of fused-ring (bicyclic) bond motifs is 1. The van der Waals surface area contributed by atoms with E-state index >= 15 is 4.39 Å². The van der Waals surface area contributed by atoms with Crippen LogP contribution in [0.25, 0.3) is 0 Å². The first-order valence-corrected chi connectivity index (χ1v) is 20.1. The van der Waals surface area contributed by atoms with Gasteiger partial charge in [0.1, 0.15) is 30.5 Å². The van der Waals surface area contributed by atoms with Crippen LogP contribution in [0.3, 0.4) is 0 Å². The van der Waals surface area contributed by atoms with Crippen LogP contribution < -0.4 is 5.32 Å². The summed E-state index contributed by atoms with van der Waals surface area (Å²) in [6.07, 6.45) is 17.4. The van der Waals surface area contributed by atoms with E-state index in [9.17, 15) is 14.7 Å². The van der Waals surface area contributed by atoms with Gasteiger partial charge < -0.3 is 34.1 Å². The Morgan fingerprint density at radius 2 is 1.40 bits per heavy atom. The van der Waals surface area contributed by atoms with Gasteiger partial charge in [0.15, 0.2) is 12.1 Å². The molecule has 50 heavy (non-hydrogen) atoms. The van der Waals surface area contributed by atoms with Gasteiger partial charge in [0, 0.05) is 6.42 Å². The predicted octanol–water partition coefficient (Wildman–Crippen LogP) is 8.78. The van der Waals surface area contributed by atoms with E-state index in [-0.39, 0.29) is 26.1 Å². The minimum atomic E-state index is -2.12. The van der Waals surface area contributed by atoms with Gasteiger partial charge in [-0.2, -0.15) is 0 Å². The predicted molar refractivity (Wildman–Crippen MR) is 195 cm³/mol. The van der Waals surface area contributed by atoms with Crippen molar-refractivity contribution in [2.45, 2.75) is 218 Å². The second-order valence-corrected chi connectivity index (χ2v) is 14.8. The van der Waals surface area contributed by atoms with Crippen molar-refractivity contribution in [3.05, 3.63) is 12.7 Å². The summed E-state index contributed by atoms with van der Waals surface area (Å²) in [6.45, 7) is 11.8. The van der Waals surface area contributed by atoms with Gasteiger partial charge in [-0.25, -0.2) is 4.39 Å². The monoisotopic (exact) mass is 714 g/mol. The quantitative estimate of drug-likeness (QED) is 0.0450. The molecule has 0 aromatic rings. The summed E-state index contributed by atoms with van der Waals surface area (Å²) >= 11 is 0. The second-order valence-electron chi connectivity index (χ2n) is 14.8. The standard InChI is InChI=1S/C40H72FNO8/c1-6-9-11-13-15-17-18-20-22-24-26-28-33(43)48-31(27-25-23-21-19-16-14-12-10-7-2)34(41)38(45)42-35-36(44)37-32(30-47-40(4,5)50-37)49-39(35)46-29-8-3/h8,31-32,34-37,39,44H,3,6-7,9-30H2,1-2,4-5H3,(H,42,45)/t31-,32+,34+,35+,36+,37+,39+/m0/s1. The number of amides is 1. The molecule has 0 aromatic heterocycles. The maximum Gasteiger partial charge on any atom is 0.306 e. The molecule has 292 valence electrons. The maximum absolute atomic E-state index is 16.0. The van der Waals surface area contributed by atoms with Crippen LogP contribution in [-0.4, -0.2) is 78.9 Å². The summed E-state index contributed by atoms with van der Waals surface area (Å²) in [5, 5.41) is 13.9. The lowest BCUT2D eigenvalue weighted by Crippen LogP contribution is -2.69. The van der Waals surface area contributed by atoms with Crippen molar-refractivity contribution in [3.8, 4) is 0 Å². The highest BCUT2D eigenvalue weighted by Crippen LogP contribution is 2.33. The summed E-state index contributed by atoms with van der Waals surface area (Å²) < 4.78 is 45.0. The molecule has 2 heterocycles. The number of halogens is 1. The largest absolute Gasteiger partial charge is 0.459 e. The normalized spacial score (nSPS) is 24.2. The van der Waals surface area contributed by atoms with Gasteiger partial charge in [-0.1, -0.05) is 135 Å². The van der Waals surface area contributed by atoms with E-state index in [0.29, 0.717) is 12.8 Å². The SMILES string of the molecule is C=CCO[C@@H]1O[C@@H]2COC(C)(C)O[C@H]2[C@H](O)[C@H]1NC(=O)[C@H](F)[C@H](CCCCCCCCCCC)OC(=O)CCCCCCCCCCCCC. The fourth-order valence-electron chi connectivity index (χ4n) is 6.80. The highest BCUT2D eigenvalue weighted by atomic mass is 19.1. The molecule has 2 aliphatic heterocycles. The molecule has 0 spiro atoms. The minimum absolute atomic E-state index is 0.0886. The van der Waals surface area contributed by atoms with Crippen LogP contribution in [0, 0.1) is 0 Å². The number of aliphatic hydroxyl groups excluding tert-OH is 1. The summed E-state index contributed by atoms with van der Waals surface area (Å²) in [6, 6.07) is -1.13. The van der Waals surface area contributed by atoms with Gasteiger partial charge in [0.2, 0.25) is 6.17 Å². The highest BCUT2D eigenvalue weighted by Gasteiger charge is 2.52. The van der Waals surface area contributed by atoms with Gasteiger partial charge >= 0.3 is 5.97 Å². The van der Waals surface area contributed by atoms with E-state index in [0.717, 1.165) is 38.5 Å². The molecule has 2 saturated heterocycles. The second kappa shape index (κ2) is 26.2. The summed E-state index contributed by atoms with van der Waals surface area (Å²) in [7, 11) is 0. The lowest BCUT2D eigenvalue weighted by molar-refractivity contribution is -0.368. The van der Waals surface area contributed by atoms with Crippen molar-refractivity contribution in [1.29, 1.82) is 0 Å². The molecule has 2 N–H and O–H groups in total. The van der Waals surface area contributed by atoms with Crippen LogP contribution in [0.4, 0.5) is 4.39 Å². The Balaban J connectivity index is 1.93. The number of esters is 1. The zero-order valence-corrected chi connectivity index (χ0v) is 32.0. The average molecular weight is 714 g/mol. The Hall–Kier alpha value is -1.59. The average Bonchev–Trinajstić information content (AvgIpc) is 3.09. The van der Waals surface area contributed by atoms with Crippen LogP contribution in [0.5, 0.6) is 0 Å². The number of nitrogens with one attached hydrogen (secondary N) is 1. The first kappa shape index (κ1) is 44.6. The van der Waals surface area contributed by atoms with Gasteiger partial charge in [0.25, 0.3) is 5.91 Å². The molecule has 2 rings (SSSR count). The first-order valence-electron chi connectivity index (χ1n) is 20.1. The number of ether oxygens (including phenoxy) is 5. The Bertz CT molecular complexity index is 920. The third-order valence-electron chi connectivity index (χ3n) is 9.81. The Morgan fingerprint density at radius 3 is 1.94 bits per heavy atom. The Labute approximate surface area is 303 Å². The van der Waals surface area contributed by atoms with E-state index in [2.05, 4.69) is 25.7 Å². The smallest absolute Gasteiger partial charge is 0.306 e. The Kier molecular flexibility index (Phi) is 23.4. The third kappa shape index (κ3) is 17.8. The highest BCUT2D eigenvalue weighted by molar-refractivity contribution is 5.82. The number of aliphatic hydroxyl groups is 1.